The van der Waals surface area contributed by atoms with E-state index in [1.807, 2.05) is 14.0 Å². The Bertz CT molecular complexity index is 199. The molecule has 0 fully saturated rings. The summed E-state index contributed by atoms with van der Waals surface area (Å²) in [5.74, 6) is 0.00544. The first kappa shape index (κ1) is 14.4. The van der Waals surface area contributed by atoms with Gasteiger partial charge in [-0.25, -0.2) is 0 Å². The van der Waals surface area contributed by atoms with Gasteiger partial charge in [0.25, 0.3) is 0 Å². The van der Waals surface area contributed by atoms with Crippen molar-refractivity contribution in [1.82, 2.24) is 4.90 Å². The molecule has 1 unspecified atom stereocenters. The third-order valence-electron chi connectivity index (χ3n) is 2.72. The van der Waals surface area contributed by atoms with Crippen molar-refractivity contribution < 1.29 is 9.53 Å². The van der Waals surface area contributed by atoms with Crippen molar-refractivity contribution in [3.05, 3.63) is 0 Å². The summed E-state index contributed by atoms with van der Waals surface area (Å²) in [7, 11) is 1.81. The molecule has 1 atom stereocenters. The minimum absolute atomic E-state index is 0.00544. The molecule has 0 aliphatic carbocycles. The van der Waals surface area contributed by atoms with Gasteiger partial charge in [0.05, 0.1) is 6.61 Å². The first-order valence-corrected chi connectivity index (χ1v) is 5.34. The lowest BCUT2D eigenvalue weighted by Crippen LogP contribution is -2.44. The largest absolute Gasteiger partial charge is 0.370 e. The van der Waals surface area contributed by atoms with Gasteiger partial charge in [-0.2, -0.15) is 0 Å². The zero-order valence-corrected chi connectivity index (χ0v) is 10.5. The molecule has 15 heavy (non-hydrogen) atoms. The average Bonchev–Trinajstić information content (AvgIpc) is 2.14. The molecule has 90 valence electrons. The molecule has 0 rings (SSSR count). The van der Waals surface area contributed by atoms with Gasteiger partial charge >= 0.3 is 0 Å². The highest BCUT2D eigenvalue weighted by Crippen LogP contribution is 2.22. The van der Waals surface area contributed by atoms with Crippen LogP contribution in [0, 0.1) is 5.41 Å². The molecule has 0 aromatic carbocycles. The average molecular weight is 216 g/mol. The summed E-state index contributed by atoms with van der Waals surface area (Å²) in [4.78, 5) is 13.4. The Hall–Kier alpha value is -0.610. The third-order valence-corrected chi connectivity index (χ3v) is 2.72. The third kappa shape index (κ3) is 5.14. The van der Waals surface area contributed by atoms with E-state index in [1.54, 1.807) is 4.90 Å². The van der Waals surface area contributed by atoms with Crippen molar-refractivity contribution in [2.75, 3.05) is 26.8 Å². The number of hydrogen-bond donors (Lipinski definition) is 1. The van der Waals surface area contributed by atoms with Crippen molar-refractivity contribution in [2.45, 2.75) is 33.7 Å². The van der Waals surface area contributed by atoms with Crippen LogP contribution in [0.15, 0.2) is 0 Å². The number of rotatable bonds is 5. The lowest BCUT2D eigenvalue weighted by molar-refractivity contribution is -0.138. The summed E-state index contributed by atoms with van der Waals surface area (Å²) in [5, 5.41) is 0. The SMILES string of the molecule is CC(N(C)C(=O)COCCN)C(C)(C)C. The van der Waals surface area contributed by atoms with Crippen LogP contribution in [0.3, 0.4) is 0 Å². The number of likely N-dealkylation sites (N-methyl/N-ethyl adjacent to an activating group) is 1. The van der Waals surface area contributed by atoms with E-state index in [4.69, 9.17) is 10.5 Å². The molecule has 0 aromatic heterocycles. The maximum atomic E-state index is 11.7. The topological polar surface area (TPSA) is 55.6 Å². The van der Waals surface area contributed by atoms with E-state index in [1.165, 1.54) is 0 Å². The molecular weight excluding hydrogens is 192 g/mol. The molecule has 0 saturated carbocycles. The van der Waals surface area contributed by atoms with Crippen LogP contribution < -0.4 is 5.73 Å². The van der Waals surface area contributed by atoms with E-state index in [2.05, 4.69) is 20.8 Å². The van der Waals surface area contributed by atoms with Crippen LogP contribution in [-0.2, 0) is 9.53 Å². The normalized spacial score (nSPS) is 13.7. The van der Waals surface area contributed by atoms with Crippen molar-refractivity contribution >= 4 is 5.91 Å². The van der Waals surface area contributed by atoms with E-state index >= 15 is 0 Å². The highest BCUT2D eigenvalue weighted by molar-refractivity contribution is 5.77. The second kappa shape index (κ2) is 6.08. The quantitative estimate of drug-likeness (QED) is 0.693. The summed E-state index contributed by atoms with van der Waals surface area (Å²) in [6.45, 7) is 9.39. The zero-order chi connectivity index (χ0) is 12.1. The Morgan fingerprint density at radius 1 is 1.47 bits per heavy atom. The number of amides is 1. The molecule has 4 nitrogen and oxygen atoms in total. The number of ether oxygens (including phenoxy) is 1. The van der Waals surface area contributed by atoms with Gasteiger partial charge in [0.1, 0.15) is 6.61 Å². The van der Waals surface area contributed by atoms with E-state index < -0.39 is 0 Å². The van der Waals surface area contributed by atoms with Crippen LogP contribution in [0.5, 0.6) is 0 Å². The first-order valence-electron chi connectivity index (χ1n) is 5.34. The van der Waals surface area contributed by atoms with Crippen LogP contribution in [0.2, 0.25) is 0 Å². The predicted octanol–water partition coefficient (Wildman–Crippen LogP) is 0.855. The van der Waals surface area contributed by atoms with Crippen molar-refractivity contribution in [2.24, 2.45) is 11.1 Å². The minimum atomic E-state index is 0.00544. The summed E-state index contributed by atoms with van der Waals surface area (Å²) < 4.78 is 5.11. The number of nitrogens with two attached hydrogens (primary N) is 1. The zero-order valence-electron chi connectivity index (χ0n) is 10.5. The molecule has 4 heteroatoms. The predicted molar refractivity (Wildman–Crippen MR) is 61.6 cm³/mol. The lowest BCUT2D eigenvalue weighted by atomic mass is 9.87. The molecule has 0 spiro atoms. The first-order chi connectivity index (χ1) is 6.80. The standard InChI is InChI=1S/C11H24N2O2/c1-9(11(2,3)4)13(5)10(14)8-15-7-6-12/h9H,6-8,12H2,1-5H3. The Balaban J connectivity index is 4.08. The van der Waals surface area contributed by atoms with E-state index in [-0.39, 0.29) is 24.0 Å². The molecular formula is C11H24N2O2. The minimum Gasteiger partial charge on any atom is -0.370 e. The fourth-order valence-electron chi connectivity index (χ4n) is 1.14. The molecule has 0 bridgehead atoms. The Morgan fingerprint density at radius 3 is 2.40 bits per heavy atom. The maximum Gasteiger partial charge on any atom is 0.248 e. The molecule has 2 N–H and O–H groups in total. The molecule has 0 aliphatic rings. The Labute approximate surface area is 92.8 Å². The molecule has 0 aromatic rings. The molecule has 0 saturated heterocycles. The van der Waals surface area contributed by atoms with Gasteiger partial charge in [-0.15, -0.1) is 0 Å². The van der Waals surface area contributed by atoms with Crippen LogP contribution >= 0.6 is 0 Å². The van der Waals surface area contributed by atoms with Gasteiger partial charge in [0.2, 0.25) is 5.91 Å². The Morgan fingerprint density at radius 2 is 2.00 bits per heavy atom. The summed E-state index contributed by atoms with van der Waals surface area (Å²) in [6.07, 6.45) is 0. The smallest absolute Gasteiger partial charge is 0.248 e. The number of hydrogen-bond acceptors (Lipinski definition) is 3. The number of carbonyl (C=O) groups excluding carboxylic acids is 1. The second-order valence-corrected chi connectivity index (χ2v) is 4.89. The Kier molecular flexibility index (Phi) is 5.83. The molecule has 0 aliphatic heterocycles. The van der Waals surface area contributed by atoms with Crippen LogP contribution in [0.25, 0.3) is 0 Å². The van der Waals surface area contributed by atoms with Crippen LogP contribution in [0.1, 0.15) is 27.7 Å². The fraction of sp³-hybridized carbons (Fsp3) is 0.909. The van der Waals surface area contributed by atoms with Crippen LogP contribution in [0.4, 0.5) is 0 Å². The number of nitrogens with zero attached hydrogens (tertiary/aromatic N) is 1. The maximum absolute atomic E-state index is 11.7. The van der Waals surface area contributed by atoms with Gasteiger partial charge in [0, 0.05) is 19.6 Å². The number of carbonyl (C=O) groups is 1. The highest BCUT2D eigenvalue weighted by Gasteiger charge is 2.26. The summed E-state index contributed by atoms with van der Waals surface area (Å²) in [5.41, 5.74) is 5.35. The highest BCUT2D eigenvalue weighted by atomic mass is 16.5. The lowest BCUT2D eigenvalue weighted by Gasteiger charge is -2.35. The monoisotopic (exact) mass is 216 g/mol. The van der Waals surface area contributed by atoms with Crippen molar-refractivity contribution in [3.63, 3.8) is 0 Å². The molecule has 1 amide bonds. The van der Waals surface area contributed by atoms with Gasteiger partial charge < -0.3 is 15.4 Å². The van der Waals surface area contributed by atoms with E-state index in [0.717, 1.165) is 0 Å². The summed E-state index contributed by atoms with van der Waals surface area (Å²) in [6, 6.07) is 0.187. The van der Waals surface area contributed by atoms with Gasteiger partial charge in [-0.05, 0) is 12.3 Å². The summed E-state index contributed by atoms with van der Waals surface area (Å²) >= 11 is 0. The molecule has 0 heterocycles. The van der Waals surface area contributed by atoms with Gasteiger partial charge in [-0.3, -0.25) is 4.79 Å². The van der Waals surface area contributed by atoms with Crippen molar-refractivity contribution in [3.8, 4) is 0 Å². The molecule has 0 radical (unpaired) electrons. The second-order valence-electron chi connectivity index (χ2n) is 4.89. The van der Waals surface area contributed by atoms with E-state index in [9.17, 15) is 4.79 Å². The van der Waals surface area contributed by atoms with E-state index in [0.29, 0.717) is 13.2 Å². The van der Waals surface area contributed by atoms with Gasteiger partial charge in [-0.1, -0.05) is 20.8 Å². The van der Waals surface area contributed by atoms with Crippen LogP contribution in [-0.4, -0.2) is 43.7 Å². The fourth-order valence-corrected chi connectivity index (χ4v) is 1.14. The van der Waals surface area contributed by atoms with Gasteiger partial charge in [0.15, 0.2) is 0 Å². The van der Waals surface area contributed by atoms with Crippen molar-refractivity contribution in [1.29, 1.82) is 0 Å².